The van der Waals surface area contributed by atoms with E-state index in [0.717, 1.165) is 99.9 Å². The third-order valence-electron chi connectivity index (χ3n) is 12.1. The normalized spacial score (nSPS) is 27.6. The second-order valence-electron chi connectivity index (χ2n) is 15.2. The average molecular weight is 636 g/mol. The maximum atomic E-state index is 17.1. The van der Waals surface area contributed by atoms with Crippen LogP contribution in [0.2, 0.25) is 0 Å². The fourth-order valence-electron chi connectivity index (χ4n) is 9.47. The van der Waals surface area contributed by atoms with Crippen molar-refractivity contribution in [3.8, 4) is 22.9 Å². The Labute approximate surface area is 274 Å². The third-order valence-corrected chi connectivity index (χ3v) is 12.1. The van der Waals surface area contributed by atoms with E-state index in [0.29, 0.717) is 41.7 Å². The van der Waals surface area contributed by atoms with E-state index in [9.17, 15) is 5.11 Å². The Morgan fingerprint density at radius 1 is 0.957 bits per heavy atom. The second kappa shape index (κ2) is 10.7. The van der Waals surface area contributed by atoms with E-state index in [4.69, 9.17) is 19.4 Å². The Kier molecular flexibility index (Phi) is 6.51. The first-order chi connectivity index (χ1) is 23.0. The highest BCUT2D eigenvalue weighted by molar-refractivity contribution is 6.03. The van der Waals surface area contributed by atoms with Crippen LogP contribution in [-0.2, 0) is 17.6 Å². The summed E-state index contributed by atoms with van der Waals surface area (Å²) in [6.07, 6.45) is 10.0. The Bertz CT molecular complexity index is 1880. The van der Waals surface area contributed by atoms with E-state index in [2.05, 4.69) is 27.2 Å². The molecule has 4 saturated heterocycles. The van der Waals surface area contributed by atoms with Gasteiger partial charge in [0, 0.05) is 60.2 Å². The minimum Gasteiger partial charge on any atom is -0.508 e. The molecule has 8 nitrogen and oxygen atoms in total. The van der Waals surface area contributed by atoms with E-state index in [1.54, 1.807) is 12.1 Å². The van der Waals surface area contributed by atoms with E-state index >= 15 is 4.39 Å². The zero-order valence-corrected chi connectivity index (χ0v) is 26.8. The Morgan fingerprint density at radius 2 is 1.77 bits per heavy atom. The number of fused-ring (bicyclic) bond motifs is 8. The summed E-state index contributed by atoms with van der Waals surface area (Å²) in [5, 5.41) is 17.1. The summed E-state index contributed by atoms with van der Waals surface area (Å²) >= 11 is 0. The van der Waals surface area contributed by atoms with Crippen LogP contribution in [0, 0.1) is 11.2 Å². The quantitative estimate of drug-likeness (QED) is 0.266. The van der Waals surface area contributed by atoms with Crippen LogP contribution < -0.4 is 15.0 Å². The summed E-state index contributed by atoms with van der Waals surface area (Å²) in [5.41, 5.74) is 4.14. The van der Waals surface area contributed by atoms with Crippen molar-refractivity contribution in [3.05, 3.63) is 53.3 Å². The Hall–Kier alpha value is -3.53. The molecule has 3 aromatic carbocycles. The molecule has 4 aliphatic heterocycles. The number of piperazine rings is 1. The molecule has 4 atom stereocenters. The van der Waals surface area contributed by atoms with Crippen LogP contribution in [0.4, 0.5) is 10.2 Å². The smallest absolute Gasteiger partial charge is 0.319 e. The van der Waals surface area contributed by atoms with Crippen molar-refractivity contribution in [1.29, 1.82) is 0 Å². The largest absolute Gasteiger partial charge is 0.508 e. The summed E-state index contributed by atoms with van der Waals surface area (Å²) in [7, 11) is 0. The lowest BCUT2D eigenvalue weighted by Crippen LogP contribution is -2.51. The number of aromatic hydroxyl groups is 1. The predicted molar refractivity (Wildman–Crippen MR) is 180 cm³/mol. The number of hydrogen-bond donors (Lipinski definition) is 2. The van der Waals surface area contributed by atoms with Gasteiger partial charge in [0.05, 0.1) is 19.8 Å². The fourth-order valence-corrected chi connectivity index (χ4v) is 9.47. The molecule has 2 N–H and O–H groups in total. The number of nitrogens with zero attached hydrogens (tertiary/aromatic N) is 4. The summed E-state index contributed by atoms with van der Waals surface area (Å²) in [6.45, 7) is 4.87. The van der Waals surface area contributed by atoms with Crippen LogP contribution in [0.1, 0.15) is 56.1 Å². The number of ether oxygens (including phenoxy) is 2. The lowest BCUT2D eigenvalue weighted by molar-refractivity contribution is -0.0271. The topological polar surface area (TPSA) is 83.0 Å². The number of benzene rings is 3. The molecule has 1 saturated carbocycles. The maximum Gasteiger partial charge on any atom is 0.319 e. The number of rotatable bonds is 7. The van der Waals surface area contributed by atoms with Crippen LogP contribution in [0.3, 0.4) is 0 Å². The van der Waals surface area contributed by atoms with Gasteiger partial charge in [-0.2, -0.15) is 9.97 Å². The molecule has 2 unspecified atom stereocenters. The molecule has 244 valence electrons. The standard InChI is InChI=1S/C38H42FN5O3/c39-34-30(32-15-28(45)14-23-5-4-22-2-1-3-29(22)33(23)32)10-11-31-35(34)41-37(42-36(31)43-16-24-6-7-25(17-43)40-24)47-21-38(12-13-38)20-44-26-8-9-27(44)19-46-18-26/h4-5,10-11,14-15,24-27,40,45H,1-3,6-9,12-13,16-21H2/t24-,25+,26?,27?. The summed E-state index contributed by atoms with van der Waals surface area (Å²) in [5.74, 6) is 0.506. The fraction of sp³-hybridized carbons (Fsp3) is 0.526. The summed E-state index contributed by atoms with van der Waals surface area (Å²) in [4.78, 5) is 14.8. The molecule has 4 aromatic rings. The first-order valence-corrected chi connectivity index (χ1v) is 17.8. The van der Waals surface area contributed by atoms with Gasteiger partial charge in [0.25, 0.3) is 0 Å². The van der Waals surface area contributed by atoms with Gasteiger partial charge in [-0.25, -0.2) is 4.39 Å². The second-order valence-corrected chi connectivity index (χ2v) is 15.2. The van der Waals surface area contributed by atoms with Crippen molar-refractivity contribution >= 4 is 27.5 Å². The van der Waals surface area contributed by atoms with Crippen molar-refractivity contribution in [2.75, 3.05) is 44.4 Å². The number of halogens is 1. The van der Waals surface area contributed by atoms with E-state index in [1.165, 1.54) is 24.0 Å². The van der Waals surface area contributed by atoms with E-state index < -0.39 is 0 Å². The van der Waals surface area contributed by atoms with Gasteiger partial charge in [-0.3, -0.25) is 4.90 Å². The minimum absolute atomic E-state index is 0.0893. The number of phenolic OH excluding ortho intramolecular Hbond substituents is 1. The molecule has 47 heavy (non-hydrogen) atoms. The van der Waals surface area contributed by atoms with Crippen molar-refractivity contribution in [2.45, 2.75) is 82.0 Å². The number of morpholine rings is 1. The highest BCUT2D eigenvalue weighted by Crippen LogP contribution is 2.49. The van der Waals surface area contributed by atoms with Crippen LogP contribution in [0.5, 0.6) is 11.8 Å². The molecule has 9 heteroatoms. The molecular formula is C38H42FN5O3. The Morgan fingerprint density at radius 3 is 2.55 bits per heavy atom. The number of aromatic nitrogens is 2. The van der Waals surface area contributed by atoms with Gasteiger partial charge in [0.15, 0.2) is 5.82 Å². The number of phenols is 1. The van der Waals surface area contributed by atoms with Gasteiger partial charge in [-0.05, 0) is 103 Å². The molecular weight excluding hydrogens is 593 g/mol. The van der Waals surface area contributed by atoms with Gasteiger partial charge < -0.3 is 24.8 Å². The monoisotopic (exact) mass is 635 g/mol. The van der Waals surface area contributed by atoms with Gasteiger partial charge >= 0.3 is 6.01 Å². The van der Waals surface area contributed by atoms with Crippen molar-refractivity contribution in [3.63, 3.8) is 0 Å². The SMILES string of the molecule is Oc1cc(-c2ccc3c(N4C[C@H]5CC[C@@H](C4)N5)nc(OCC4(CN5C6CCC5COC6)CC4)nc3c2F)c2c3c(ccc2c1)CCC3. The molecule has 0 amide bonds. The van der Waals surface area contributed by atoms with Crippen molar-refractivity contribution < 1.29 is 19.0 Å². The molecule has 6 aliphatic rings. The molecule has 0 spiro atoms. The van der Waals surface area contributed by atoms with Crippen LogP contribution >= 0.6 is 0 Å². The van der Waals surface area contributed by atoms with Crippen LogP contribution in [0.15, 0.2) is 36.4 Å². The number of anilines is 1. The minimum atomic E-state index is -0.386. The Balaban J connectivity index is 1.05. The lowest BCUT2D eigenvalue weighted by atomic mass is 9.91. The highest BCUT2D eigenvalue weighted by Gasteiger charge is 2.49. The van der Waals surface area contributed by atoms with Crippen molar-refractivity contribution in [2.24, 2.45) is 5.41 Å². The zero-order valence-electron chi connectivity index (χ0n) is 26.8. The van der Waals surface area contributed by atoms with Gasteiger partial charge in [0.1, 0.15) is 17.1 Å². The molecule has 4 bridgehead atoms. The average Bonchev–Trinajstić information content (AvgIpc) is 3.43. The lowest BCUT2D eigenvalue weighted by Gasteiger charge is -2.37. The number of hydrogen-bond acceptors (Lipinski definition) is 8. The first-order valence-electron chi connectivity index (χ1n) is 17.8. The number of aryl methyl sites for hydroxylation is 2. The molecule has 5 heterocycles. The van der Waals surface area contributed by atoms with Crippen LogP contribution in [0.25, 0.3) is 32.8 Å². The summed E-state index contributed by atoms with van der Waals surface area (Å²) in [6, 6.07) is 13.7. The molecule has 5 fully saturated rings. The first kappa shape index (κ1) is 28.5. The number of nitrogens with one attached hydrogen (secondary N) is 1. The maximum absolute atomic E-state index is 17.1. The van der Waals surface area contributed by atoms with Gasteiger partial charge in [0.2, 0.25) is 0 Å². The zero-order chi connectivity index (χ0) is 31.3. The third kappa shape index (κ3) is 4.79. The van der Waals surface area contributed by atoms with Crippen molar-refractivity contribution in [1.82, 2.24) is 20.2 Å². The van der Waals surface area contributed by atoms with Crippen LogP contribution in [-0.4, -0.2) is 83.6 Å². The summed E-state index contributed by atoms with van der Waals surface area (Å²) < 4.78 is 29.4. The van der Waals surface area contributed by atoms with Gasteiger partial charge in [-0.15, -0.1) is 0 Å². The van der Waals surface area contributed by atoms with Gasteiger partial charge in [-0.1, -0.05) is 18.2 Å². The molecule has 0 radical (unpaired) electrons. The predicted octanol–water partition coefficient (Wildman–Crippen LogP) is 5.75. The molecule has 10 rings (SSSR count). The molecule has 2 aliphatic carbocycles. The van der Waals surface area contributed by atoms with E-state index in [1.807, 2.05) is 12.1 Å². The van der Waals surface area contributed by atoms with E-state index in [-0.39, 0.29) is 28.5 Å². The highest BCUT2D eigenvalue weighted by atomic mass is 19.1. The molecule has 1 aromatic heterocycles.